The Kier molecular flexibility index (Phi) is 3.11. The van der Waals surface area contributed by atoms with E-state index in [1.54, 1.807) is 0 Å². The van der Waals surface area contributed by atoms with E-state index in [1.807, 2.05) is 6.08 Å². The Labute approximate surface area is 87.8 Å². The van der Waals surface area contributed by atoms with E-state index in [2.05, 4.69) is 5.32 Å². The van der Waals surface area contributed by atoms with Crippen LogP contribution >= 0.6 is 0 Å². The van der Waals surface area contributed by atoms with E-state index in [1.165, 1.54) is 17.7 Å². The SMILES string of the molecule is Fc1cc(F)cc(C=C2CCNCC2)c1. The molecule has 1 N–H and O–H groups in total. The molecule has 15 heavy (non-hydrogen) atoms. The summed E-state index contributed by atoms with van der Waals surface area (Å²) < 4.78 is 25.8. The van der Waals surface area contributed by atoms with Crippen LogP contribution < -0.4 is 5.32 Å². The molecule has 0 amide bonds. The second-order valence-corrected chi connectivity index (χ2v) is 3.76. The Hall–Kier alpha value is -1.22. The maximum atomic E-state index is 12.9. The molecule has 1 saturated heterocycles. The maximum Gasteiger partial charge on any atom is 0.126 e. The van der Waals surface area contributed by atoms with Gasteiger partial charge in [-0.05, 0) is 43.6 Å². The lowest BCUT2D eigenvalue weighted by Crippen LogP contribution is -2.22. The summed E-state index contributed by atoms with van der Waals surface area (Å²) in [6.07, 6.45) is 3.79. The molecule has 1 aromatic carbocycles. The van der Waals surface area contributed by atoms with E-state index in [4.69, 9.17) is 0 Å². The summed E-state index contributed by atoms with van der Waals surface area (Å²) in [4.78, 5) is 0. The van der Waals surface area contributed by atoms with E-state index in [0.717, 1.165) is 32.0 Å². The van der Waals surface area contributed by atoms with Gasteiger partial charge in [0.2, 0.25) is 0 Å². The summed E-state index contributed by atoms with van der Waals surface area (Å²) in [5.41, 5.74) is 1.86. The Balaban J connectivity index is 2.21. The van der Waals surface area contributed by atoms with Crippen LogP contribution in [0.1, 0.15) is 18.4 Å². The van der Waals surface area contributed by atoms with Crippen LogP contribution in [0.3, 0.4) is 0 Å². The highest BCUT2D eigenvalue weighted by Gasteiger charge is 2.05. The highest BCUT2D eigenvalue weighted by atomic mass is 19.1. The largest absolute Gasteiger partial charge is 0.316 e. The summed E-state index contributed by atoms with van der Waals surface area (Å²) in [5, 5.41) is 3.23. The standard InChI is InChI=1S/C12H13F2N/c13-11-6-10(7-12(14)8-11)5-9-1-3-15-4-2-9/h5-8,15H,1-4H2. The zero-order chi connectivity index (χ0) is 10.7. The highest BCUT2D eigenvalue weighted by Crippen LogP contribution is 2.17. The molecule has 80 valence electrons. The van der Waals surface area contributed by atoms with Crippen LogP contribution in [0.5, 0.6) is 0 Å². The molecule has 0 saturated carbocycles. The van der Waals surface area contributed by atoms with Crippen molar-refractivity contribution in [3.05, 3.63) is 41.0 Å². The summed E-state index contributed by atoms with van der Waals surface area (Å²) in [7, 11) is 0. The third kappa shape index (κ3) is 2.86. The second kappa shape index (κ2) is 4.53. The monoisotopic (exact) mass is 209 g/mol. The molecule has 1 aliphatic rings. The first kappa shape index (κ1) is 10.3. The number of rotatable bonds is 1. The minimum Gasteiger partial charge on any atom is -0.316 e. The van der Waals surface area contributed by atoms with Gasteiger partial charge in [-0.2, -0.15) is 0 Å². The van der Waals surface area contributed by atoms with Crippen LogP contribution in [0.25, 0.3) is 6.08 Å². The van der Waals surface area contributed by atoms with Gasteiger partial charge in [-0.15, -0.1) is 0 Å². The van der Waals surface area contributed by atoms with Gasteiger partial charge in [-0.25, -0.2) is 8.78 Å². The van der Waals surface area contributed by atoms with E-state index in [9.17, 15) is 8.78 Å². The summed E-state index contributed by atoms with van der Waals surface area (Å²) in [6, 6.07) is 3.61. The van der Waals surface area contributed by atoms with Gasteiger partial charge in [0.1, 0.15) is 11.6 Å². The third-order valence-electron chi connectivity index (χ3n) is 2.50. The van der Waals surface area contributed by atoms with Crippen LogP contribution in [0.2, 0.25) is 0 Å². The van der Waals surface area contributed by atoms with Crippen molar-refractivity contribution in [3.63, 3.8) is 0 Å². The average Bonchev–Trinajstić information content (AvgIpc) is 2.17. The molecule has 1 heterocycles. The fraction of sp³-hybridized carbons (Fsp3) is 0.333. The van der Waals surface area contributed by atoms with Crippen LogP contribution in [0, 0.1) is 11.6 Å². The number of halogens is 2. The van der Waals surface area contributed by atoms with E-state index in [0.29, 0.717) is 5.56 Å². The second-order valence-electron chi connectivity index (χ2n) is 3.76. The molecule has 1 aliphatic heterocycles. The maximum absolute atomic E-state index is 12.9. The molecular weight excluding hydrogens is 196 g/mol. The molecule has 0 aromatic heterocycles. The van der Waals surface area contributed by atoms with Crippen molar-refractivity contribution >= 4 is 6.08 Å². The first-order valence-corrected chi connectivity index (χ1v) is 5.10. The fourth-order valence-corrected chi connectivity index (χ4v) is 1.79. The van der Waals surface area contributed by atoms with Crippen molar-refractivity contribution in [2.45, 2.75) is 12.8 Å². The van der Waals surface area contributed by atoms with Crippen molar-refractivity contribution in [1.82, 2.24) is 5.32 Å². The van der Waals surface area contributed by atoms with Gasteiger partial charge in [0, 0.05) is 6.07 Å². The molecular formula is C12H13F2N. The zero-order valence-corrected chi connectivity index (χ0v) is 8.39. The molecule has 3 heteroatoms. The van der Waals surface area contributed by atoms with Gasteiger partial charge in [0.25, 0.3) is 0 Å². The van der Waals surface area contributed by atoms with Gasteiger partial charge in [0.05, 0.1) is 0 Å². The van der Waals surface area contributed by atoms with E-state index < -0.39 is 11.6 Å². The number of nitrogens with one attached hydrogen (secondary N) is 1. The third-order valence-corrected chi connectivity index (χ3v) is 2.50. The number of piperidine rings is 1. The molecule has 0 unspecified atom stereocenters. The smallest absolute Gasteiger partial charge is 0.126 e. The molecule has 0 radical (unpaired) electrons. The lowest BCUT2D eigenvalue weighted by Gasteiger charge is -2.15. The zero-order valence-electron chi connectivity index (χ0n) is 8.39. The lowest BCUT2D eigenvalue weighted by molar-refractivity contribution is 0.582. The lowest BCUT2D eigenvalue weighted by atomic mass is 10.0. The molecule has 0 spiro atoms. The van der Waals surface area contributed by atoms with Crippen LogP contribution in [0.4, 0.5) is 8.78 Å². The number of benzene rings is 1. The molecule has 0 atom stereocenters. The van der Waals surface area contributed by atoms with Crippen molar-refractivity contribution in [3.8, 4) is 0 Å². The van der Waals surface area contributed by atoms with Gasteiger partial charge < -0.3 is 5.32 Å². The minimum atomic E-state index is -0.518. The van der Waals surface area contributed by atoms with Gasteiger partial charge in [-0.3, -0.25) is 0 Å². The molecule has 1 nitrogen and oxygen atoms in total. The van der Waals surface area contributed by atoms with Crippen LogP contribution in [-0.2, 0) is 0 Å². The van der Waals surface area contributed by atoms with Crippen molar-refractivity contribution in [1.29, 1.82) is 0 Å². The summed E-state index contributed by atoms with van der Waals surface area (Å²) in [6.45, 7) is 1.90. The molecule has 2 rings (SSSR count). The molecule has 0 bridgehead atoms. The molecule has 1 fully saturated rings. The van der Waals surface area contributed by atoms with Crippen molar-refractivity contribution < 1.29 is 8.78 Å². The Bertz CT molecular complexity index is 357. The van der Waals surface area contributed by atoms with Gasteiger partial charge in [-0.1, -0.05) is 11.6 Å². The van der Waals surface area contributed by atoms with Crippen molar-refractivity contribution in [2.75, 3.05) is 13.1 Å². The van der Waals surface area contributed by atoms with Crippen LogP contribution in [0.15, 0.2) is 23.8 Å². The Morgan fingerprint density at radius 1 is 1.00 bits per heavy atom. The first-order chi connectivity index (χ1) is 7.24. The number of hydrogen-bond donors (Lipinski definition) is 1. The highest BCUT2D eigenvalue weighted by molar-refractivity contribution is 5.53. The Morgan fingerprint density at radius 3 is 2.20 bits per heavy atom. The Morgan fingerprint density at radius 2 is 1.60 bits per heavy atom. The predicted molar refractivity (Wildman–Crippen MR) is 56.4 cm³/mol. The van der Waals surface area contributed by atoms with E-state index in [-0.39, 0.29) is 0 Å². The van der Waals surface area contributed by atoms with E-state index >= 15 is 0 Å². The summed E-state index contributed by atoms with van der Waals surface area (Å²) >= 11 is 0. The topological polar surface area (TPSA) is 12.0 Å². The normalized spacial score (nSPS) is 16.5. The van der Waals surface area contributed by atoms with Crippen LogP contribution in [-0.4, -0.2) is 13.1 Å². The first-order valence-electron chi connectivity index (χ1n) is 5.10. The van der Waals surface area contributed by atoms with Gasteiger partial charge >= 0.3 is 0 Å². The van der Waals surface area contributed by atoms with Crippen molar-refractivity contribution in [2.24, 2.45) is 0 Å². The van der Waals surface area contributed by atoms with Gasteiger partial charge in [0.15, 0.2) is 0 Å². The fourth-order valence-electron chi connectivity index (χ4n) is 1.79. The summed E-state index contributed by atoms with van der Waals surface area (Å²) in [5.74, 6) is -1.04. The molecule has 1 aromatic rings. The average molecular weight is 209 g/mol. The number of hydrogen-bond acceptors (Lipinski definition) is 1. The quantitative estimate of drug-likeness (QED) is 0.749. The predicted octanol–water partition coefficient (Wildman–Crippen LogP) is 2.73. The minimum absolute atomic E-state index is 0.518. The molecule has 0 aliphatic carbocycles.